The molecule has 2 nitrogen and oxygen atoms in total. The van der Waals surface area contributed by atoms with Crippen molar-refractivity contribution in [2.75, 3.05) is 19.7 Å². The van der Waals surface area contributed by atoms with Crippen LogP contribution in [0.1, 0.15) is 36.0 Å². The van der Waals surface area contributed by atoms with Crippen molar-refractivity contribution in [3.63, 3.8) is 0 Å². The number of benzene rings is 2. The second-order valence-corrected chi connectivity index (χ2v) is 7.59. The third-order valence-corrected chi connectivity index (χ3v) is 5.82. The average molecular weight is 378 g/mol. The van der Waals surface area contributed by atoms with Crippen LogP contribution in [0, 0.1) is 0 Å². The minimum absolute atomic E-state index is 0.131. The lowest BCUT2D eigenvalue weighted by Crippen LogP contribution is -2.53. The highest BCUT2D eigenvalue weighted by Crippen LogP contribution is 2.33. The van der Waals surface area contributed by atoms with E-state index in [1.54, 1.807) is 12.1 Å². The van der Waals surface area contributed by atoms with Crippen LogP contribution < -0.4 is 0 Å². The molecule has 2 aromatic rings. The summed E-state index contributed by atoms with van der Waals surface area (Å²) in [7, 11) is 0. The van der Waals surface area contributed by atoms with Crippen LogP contribution in [0.2, 0.25) is 0 Å². The third-order valence-electron chi connectivity index (χ3n) is 5.82. The summed E-state index contributed by atoms with van der Waals surface area (Å²) >= 11 is 0. The fourth-order valence-electron chi connectivity index (χ4n) is 4.35. The van der Waals surface area contributed by atoms with Crippen molar-refractivity contribution in [1.82, 2.24) is 0 Å². The van der Waals surface area contributed by atoms with Gasteiger partial charge in [-0.15, -0.1) is 0 Å². The van der Waals surface area contributed by atoms with Crippen molar-refractivity contribution in [3.8, 4) is 0 Å². The first kappa shape index (κ1) is 19.9. The van der Waals surface area contributed by atoms with Gasteiger partial charge in [0.15, 0.2) is 0 Å². The van der Waals surface area contributed by atoms with Crippen molar-refractivity contribution < 1.29 is 22.8 Å². The van der Waals surface area contributed by atoms with Crippen LogP contribution in [-0.2, 0) is 19.1 Å². The summed E-state index contributed by atoms with van der Waals surface area (Å²) in [5.74, 6) is 0. The van der Waals surface area contributed by atoms with E-state index in [1.807, 2.05) is 18.2 Å². The largest absolute Gasteiger partial charge is 0.416 e. The van der Waals surface area contributed by atoms with Crippen molar-refractivity contribution in [2.24, 2.45) is 0 Å². The van der Waals surface area contributed by atoms with Crippen LogP contribution >= 0.6 is 0 Å². The van der Waals surface area contributed by atoms with E-state index >= 15 is 0 Å². The van der Waals surface area contributed by atoms with Gasteiger partial charge in [0, 0.05) is 24.8 Å². The van der Waals surface area contributed by atoms with Gasteiger partial charge in [0.25, 0.3) is 0 Å². The molecule has 1 saturated heterocycles. The van der Waals surface area contributed by atoms with Gasteiger partial charge in [-0.25, -0.2) is 0 Å². The van der Waals surface area contributed by atoms with Crippen LogP contribution in [-0.4, -0.2) is 35.3 Å². The quantitative estimate of drug-likeness (QED) is 0.686. The number of alkyl halides is 3. The van der Waals surface area contributed by atoms with Gasteiger partial charge in [0.2, 0.25) is 0 Å². The number of likely N-dealkylation sites (tertiary alicyclic amines) is 1. The summed E-state index contributed by atoms with van der Waals surface area (Å²) in [4.78, 5) is 0. The maximum Gasteiger partial charge on any atom is 0.416 e. The number of nitrogens with zero attached hydrogens (tertiary/aromatic N) is 1. The van der Waals surface area contributed by atoms with E-state index in [1.165, 1.54) is 17.7 Å². The fourth-order valence-corrected chi connectivity index (χ4v) is 4.35. The standard InChI is InChI=1S/C22H27F3NO/c23-22(24,25)20-12-10-19(11-13-20)16-26(15-5-9-21(26)17-27)14-4-8-18-6-2-1-3-7-18/h1-3,6-7,10-13,21,27H,4-5,8-9,14-17H2/q+1/t21-,26?/m0/s1. The monoisotopic (exact) mass is 378 g/mol. The molecule has 0 saturated carbocycles. The van der Waals surface area contributed by atoms with E-state index in [0.29, 0.717) is 6.54 Å². The highest BCUT2D eigenvalue weighted by atomic mass is 19.4. The summed E-state index contributed by atoms with van der Waals surface area (Å²) in [6.07, 6.45) is -0.297. The Labute approximate surface area is 158 Å². The summed E-state index contributed by atoms with van der Waals surface area (Å²) in [6.45, 7) is 2.71. The summed E-state index contributed by atoms with van der Waals surface area (Å²) in [5.41, 5.74) is 1.59. The van der Waals surface area contributed by atoms with E-state index in [-0.39, 0.29) is 12.6 Å². The first-order valence-corrected chi connectivity index (χ1v) is 9.60. The lowest BCUT2D eigenvalue weighted by atomic mass is 10.1. The van der Waals surface area contributed by atoms with Gasteiger partial charge < -0.3 is 9.59 Å². The average Bonchev–Trinajstić information content (AvgIpc) is 3.05. The van der Waals surface area contributed by atoms with Crippen molar-refractivity contribution in [3.05, 3.63) is 71.3 Å². The Morgan fingerprint density at radius 3 is 2.30 bits per heavy atom. The fraction of sp³-hybridized carbons (Fsp3) is 0.455. The smallest absolute Gasteiger partial charge is 0.390 e. The molecule has 3 rings (SSSR count). The maximum absolute atomic E-state index is 12.8. The molecule has 1 fully saturated rings. The van der Waals surface area contributed by atoms with E-state index < -0.39 is 11.7 Å². The Morgan fingerprint density at radius 2 is 1.67 bits per heavy atom. The van der Waals surface area contributed by atoms with Crippen LogP contribution in [0.4, 0.5) is 13.2 Å². The first-order valence-electron chi connectivity index (χ1n) is 9.60. The molecule has 0 bridgehead atoms. The van der Waals surface area contributed by atoms with Crippen LogP contribution in [0.15, 0.2) is 54.6 Å². The Morgan fingerprint density at radius 1 is 0.963 bits per heavy atom. The molecule has 1 aliphatic rings. The molecule has 2 aromatic carbocycles. The lowest BCUT2D eigenvalue weighted by Gasteiger charge is -2.40. The van der Waals surface area contributed by atoms with Crippen molar-refractivity contribution >= 4 is 0 Å². The predicted octanol–water partition coefficient (Wildman–Crippen LogP) is 4.81. The minimum atomic E-state index is -4.30. The minimum Gasteiger partial charge on any atom is -0.390 e. The predicted molar refractivity (Wildman–Crippen MR) is 100 cm³/mol. The topological polar surface area (TPSA) is 20.2 Å². The molecule has 27 heavy (non-hydrogen) atoms. The Hall–Kier alpha value is -1.85. The number of hydrogen-bond donors (Lipinski definition) is 1. The molecule has 1 aliphatic heterocycles. The number of halogens is 3. The van der Waals surface area contributed by atoms with Gasteiger partial charge in [0.1, 0.15) is 12.6 Å². The lowest BCUT2D eigenvalue weighted by molar-refractivity contribution is -0.952. The van der Waals surface area contributed by atoms with E-state index in [4.69, 9.17) is 0 Å². The van der Waals surface area contributed by atoms with Crippen molar-refractivity contribution in [1.29, 1.82) is 0 Å². The second-order valence-electron chi connectivity index (χ2n) is 7.59. The molecule has 2 atom stereocenters. The van der Waals surface area contributed by atoms with Gasteiger partial charge in [-0.3, -0.25) is 0 Å². The number of hydrogen-bond acceptors (Lipinski definition) is 1. The molecule has 0 amide bonds. The van der Waals surface area contributed by atoms with Crippen molar-refractivity contribution in [2.45, 2.75) is 44.4 Å². The van der Waals surface area contributed by atoms with Crippen LogP contribution in [0.3, 0.4) is 0 Å². The van der Waals surface area contributed by atoms with Crippen LogP contribution in [0.5, 0.6) is 0 Å². The zero-order chi connectivity index (χ0) is 19.3. The zero-order valence-electron chi connectivity index (χ0n) is 15.5. The summed E-state index contributed by atoms with van der Waals surface area (Å²) in [5, 5.41) is 9.88. The zero-order valence-corrected chi connectivity index (χ0v) is 15.5. The number of quaternary nitrogens is 1. The van der Waals surface area contributed by atoms with Crippen LogP contribution in [0.25, 0.3) is 0 Å². The van der Waals surface area contributed by atoms with Gasteiger partial charge in [0.05, 0.1) is 25.3 Å². The number of rotatable bonds is 7. The second kappa shape index (κ2) is 8.44. The molecule has 146 valence electrons. The third kappa shape index (κ3) is 4.90. The van der Waals surface area contributed by atoms with E-state index in [9.17, 15) is 18.3 Å². The number of aliphatic hydroxyl groups is 1. The van der Waals surface area contributed by atoms with Gasteiger partial charge >= 0.3 is 6.18 Å². The Bertz CT molecular complexity index is 715. The molecule has 1 N–H and O–H groups in total. The number of aryl methyl sites for hydroxylation is 1. The normalized spacial score (nSPS) is 22.9. The van der Waals surface area contributed by atoms with E-state index in [2.05, 4.69) is 12.1 Å². The molecule has 5 heteroatoms. The molecule has 1 heterocycles. The highest BCUT2D eigenvalue weighted by Gasteiger charge is 2.41. The molecular formula is C22H27F3NO+. The van der Waals surface area contributed by atoms with Gasteiger partial charge in [-0.1, -0.05) is 42.5 Å². The molecule has 0 radical (unpaired) electrons. The van der Waals surface area contributed by atoms with E-state index in [0.717, 1.165) is 48.8 Å². The SMILES string of the molecule is OC[C@@H]1CCC[N+]1(CCCc1ccccc1)Cc1ccc(C(F)(F)F)cc1. The van der Waals surface area contributed by atoms with Gasteiger partial charge in [-0.2, -0.15) is 13.2 Å². The molecule has 0 spiro atoms. The maximum atomic E-state index is 12.8. The number of aliphatic hydroxyl groups excluding tert-OH is 1. The first-order chi connectivity index (χ1) is 12.9. The summed E-state index contributed by atoms with van der Waals surface area (Å²) < 4.78 is 39.2. The van der Waals surface area contributed by atoms with Gasteiger partial charge in [-0.05, 0) is 24.1 Å². The summed E-state index contributed by atoms with van der Waals surface area (Å²) in [6, 6.07) is 16.0. The molecule has 0 aromatic heterocycles. The Kier molecular flexibility index (Phi) is 6.22. The Balaban J connectivity index is 1.71. The highest BCUT2D eigenvalue weighted by molar-refractivity contribution is 5.24. The molecule has 0 aliphatic carbocycles. The molecular weight excluding hydrogens is 351 g/mol. The molecule has 1 unspecified atom stereocenters.